The Morgan fingerprint density at radius 3 is 2.49 bits per heavy atom. The first-order valence-corrected chi connectivity index (χ1v) is 11.6. The summed E-state index contributed by atoms with van der Waals surface area (Å²) >= 11 is 0. The van der Waals surface area contributed by atoms with E-state index in [-0.39, 0.29) is 17.6 Å². The molecule has 1 aromatic rings. The second kappa shape index (κ2) is 12.1. The first-order chi connectivity index (χ1) is 16.6. The van der Waals surface area contributed by atoms with Gasteiger partial charge in [-0.2, -0.15) is 13.2 Å². The van der Waals surface area contributed by atoms with Gasteiger partial charge in [-0.05, 0) is 31.0 Å². The van der Waals surface area contributed by atoms with E-state index < -0.39 is 30.2 Å². The van der Waals surface area contributed by atoms with Gasteiger partial charge in [-0.3, -0.25) is 9.59 Å². The Bertz CT molecular complexity index is 939. The van der Waals surface area contributed by atoms with Crippen LogP contribution in [0.3, 0.4) is 0 Å². The van der Waals surface area contributed by atoms with Crippen LogP contribution in [0.5, 0.6) is 0 Å². The summed E-state index contributed by atoms with van der Waals surface area (Å²) in [5.41, 5.74) is -0.537. The second-order valence-corrected chi connectivity index (χ2v) is 8.56. The molecule has 0 radical (unpaired) electrons. The average molecular weight is 498 g/mol. The van der Waals surface area contributed by atoms with Crippen molar-refractivity contribution in [2.45, 2.75) is 44.3 Å². The number of benzene rings is 1. The number of likely N-dealkylation sites (N-methyl/N-ethyl adjacent to an activating group) is 1. The highest BCUT2D eigenvalue weighted by molar-refractivity contribution is 5.98. The minimum atomic E-state index is -4.59. The van der Waals surface area contributed by atoms with Gasteiger partial charge in [0.25, 0.3) is 5.91 Å². The molecule has 0 bridgehead atoms. The zero-order valence-electron chi connectivity index (χ0n) is 19.6. The Morgan fingerprint density at radius 1 is 1.14 bits per heavy atom. The van der Waals surface area contributed by atoms with Crippen molar-refractivity contribution in [2.24, 2.45) is 0 Å². The van der Waals surface area contributed by atoms with Gasteiger partial charge in [-0.15, -0.1) is 0 Å². The molecule has 1 N–H and O–H groups in total. The number of hydrogen-bond donors (Lipinski definition) is 1. The van der Waals surface area contributed by atoms with Gasteiger partial charge >= 0.3 is 12.1 Å². The normalized spacial score (nSPS) is 17.3. The number of rotatable bonds is 7. The van der Waals surface area contributed by atoms with Crippen LogP contribution in [0.25, 0.3) is 0 Å². The number of nitrogens with one attached hydrogen (secondary N) is 1. The fourth-order valence-electron chi connectivity index (χ4n) is 4.17. The molecular weight excluding hydrogens is 467 g/mol. The van der Waals surface area contributed by atoms with E-state index in [0.29, 0.717) is 32.0 Å². The number of alkyl halides is 3. The highest BCUT2D eigenvalue weighted by atomic mass is 19.4. The van der Waals surface area contributed by atoms with Crippen LogP contribution in [0, 0.1) is 0 Å². The lowest BCUT2D eigenvalue weighted by atomic mass is 9.94. The summed E-state index contributed by atoms with van der Waals surface area (Å²) < 4.78 is 49.8. The first kappa shape index (κ1) is 26.5. The smallest absolute Gasteiger partial charge is 0.416 e. The van der Waals surface area contributed by atoms with Crippen molar-refractivity contribution < 1.29 is 37.0 Å². The van der Waals surface area contributed by atoms with Crippen LogP contribution in [0.4, 0.5) is 24.5 Å². The number of morpholine rings is 1. The zero-order valence-corrected chi connectivity index (χ0v) is 19.6. The van der Waals surface area contributed by atoms with Crippen LogP contribution in [-0.2, 0) is 30.0 Å². The number of amides is 2. The topological polar surface area (TPSA) is 88.2 Å². The van der Waals surface area contributed by atoms with Gasteiger partial charge in [0.15, 0.2) is 6.61 Å². The Kier molecular flexibility index (Phi) is 9.13. The summed E-state index contributed by atoms with van der Waals surface area (Å²) in [5, 5.41) is 2.40. The maximum atomic E-state index is 13.2. The molecule has 0 aromatic heterocycles. The van der Waals surface area contributed by atoms with Crippen LogP contribution in [0.15, 0.2) is 30.4 Å². The molecule has 1 heterocycles. The Labute approximate surface area is 202 Å². The lowest BCUT2D eigenvalue weighted by Gasteiger charge is -2.31. The fraction of sp³-hybridized carbons (Fsp3) is 0.542. The van der Waals surface area contributed by atoms with Crippen LogP contribution in [-0.4, -0.2) is 68.7 Å². The predicted molar refractivity (Wildman–Crippen MR) is 123 cm³/mol. The quantitative estimate of drug-likeness (QED) is 0.459. The molecule has 0 spiro atoms. The van der Waals surface area contributed by atoms with E-state index in [1.807, 2.05) is 4.90 Å². The first-order valence-electron chi connectivity index (χ1n) is 11.6. The molecule has 1 aromatic carbocycles. The molecule has 8 nitrogen and oxygen atoms in total. The van der Waals surface area contributed by atoms with Gasteiger partial charge in [0.2, 0.25) is 5.91 Å². The summed E-state index contributed by atoms with van der Waals surface area (Å²) in [7, 11) is 1.68. The van der Waals surface area contributed by atoms with Gasteiger partial charge in [0.1, 0.15) is 0 Å². The van der Waals surface area contributed by atoms with E-state index in [1.54, 1.807) is 11.9 Å². The molecule has 192 valence electrons. The molecule has 11 heteroatoms. The largest absolute Gasteiger partial charge is 0.452 e. The van der Waals surface area contributed by atoms with Crippen molar-refractivity contribution >= 4 is 29.2 Å². The fourth-order valence-corrected chi connectivity index (χ4v) is 4.17. The van der Waals surface area contributed by atoms with Crippen molar-refractivity contribution in [3.8, 4) is 0 Å². The number of hydrogen-bond acceptors (Lipinski definition) is 6. The van der Waals surface area contributed by atoms with Gasteiger partial charge in [0, 0.05) is 38.3 Å². The second-order valence-electron chi connectivity index (χ2n) is 8.56. The molecule has 1 saturated heterocycles. The van der Waals surface area contributed by atoms with E-state index >= 15 is 0 Å². The van der Waals surface area contributed by atoms with Crippen molar-refractivity contribution in [3.63, 3.8) is 0 Å². The average Bonchev–Trinajstić information content (AvgIpc) is 2.86. The highest BCUT2D eigenvalue weighted by Crippen LogP contribution is 2.35. The third-order valence-electron chi connectivity index (χ3n) is 6.13. The van der Waals surface area contributed by atoms with Crippen molar-refractivity contribution in [1.29, 1.82) is 0 Å². The SMILES string of the molecule is CN(C(=O)/C=C/C(=O)OCC(=O)Nc1cc(C(F)(F)F)ccc1N1CCOCC1)C1CCCCC1. The lowest BCUT2D eigenvalue weighted by molar-refractivity contribution is -0.142. The number of anilines is 2. The molecule has 0 unspecified atom stereocenters. The van der Waals surface area contributed by atoms with Gasteiger partial charge in [-0.1, -0.05) is 19.3 Å². The van der Waals surface area contributed by atoms with Gasteiger partial charge < -0.3 is 24.6 Å². The molecule has 2 fully saturated rings. The van der Waals surface area contributed by atoms with Gasteiger partial charge in [0.05, 0.1) is 30.2 Å². The Balaban J connectivity index is 1.57. The number of halogens is 3. The molecule has 0 atom stereocenters. The minimum absolute atomic E-state index is 0.0393. The van der Waals surface area contributed by atoms with Crippen molar-refractivity contribution in [1.82, 2.24) is 4.90 Å². The van der Waals surface area contributed by atoms with Crippen LogP contribution in [0.2, 0.25) is 0 Å². The summed E-state index contributed by atoms with van der Waals surface area (Å²) in [6.07, 6.45) is 2.56. The van der Waals surface area contributed by atoms with Crippen molar-refractivity contribution in [3.05, 3.63) is 35.9 Å². The van der Waals surface area contributed by atoms with Crippen LogP contribution >= 0.6 is 0 Å². The Morgan fingerprint density at radius 2 is 1.83 bits per heavy atom. The Hall–Kier alpha value is -3.08. The van der Waals surface area contributed by atoms with Gasteiger partial charge in [-0.25, -0.2) is 4.79 Å². The monoisotopic (exact) mass is 497 g/mol. The zero-order chi connectivity index (χ0) is 25.4. The van der Waals surface area contributed by atoms with Crippen LogP contribution < -0.4 is 10.2 Å². The summed E-state index contributed by atoms with van der Waals surface area (Å²) in [5.74, 6) is -2.04. The predicted octanol–water partition coefficient (Wildman–Crippen LogP) is 3.37. The lowest BCUT2D eigenvalue weighted by Crippen LogP contribution is -2.37. The highest BCUT2D eigenvalue weighted by Gasteiger charge is 2.32. The van der Waals surface area contributed by atoms with Crippen molar-refractivity contribution in [2.75, 3.05) is 50.2 Å². The van der Waals surface area contributed by atoms with E-state index in [0.717, 1.165) is 56.4 Å². The third kappa shape index (κ3) is 7.71. The summed E-state index contributed by atoms with van der Waals surface area (Å²) in [6.45, 7) is 1.02. The molecule has 1 saturated carbocycles. The maximum Gasteiger partial charge on any atom is 0.416 e. The maximum absolute atomic E-state index is 13.2. The van der Waals surface area contributed by atoms with E-state index in [1.165, 1.54) is 6.07 Å². The molecule has 2 aliphatic rings. The van der Waals surface area contributed by atoms with Crippen LogP contribution in [0.1, 0.15) is 37.7 Å². The molecule has 1 aliphatic heterocycles. The van der Waals surface area contributed by atoms with E-state index in [2.05, 4.69) is 5.32 Å². The summed E-state index contributed by atoms with van der Waals surface area (Å²) in [6, 6.07) is 3.24. The number of carbonyl (C=O) groups excluding carboxylic acids is 3. The third-order valence-corrected chi connectivity index (χ3v) is 6.13. The molecule has 2 amide bonds. The molecule has 1 aliphatic carbocycles. The van der Waals surface area contributed by atoms with E-state index in [9.17, 15) is 27.6 Å². The standard InChI is InChI=1S/C24H30F3N3O5/c1-29(18-5-3-2-4-6-18)22(32)9-10-23(33)35-16-21(31)28-19-15-17(24(25,26)27)7-8-20(19)30-11-13-34-14-12-30/h7-10,15,18H,2-6,11-14,16H2,1H3,(H,28,31)/b10-9+. The van der Waals surface area contributed by atoms with E-state index in [4.69, 9.17) is 9.47 Å². The number of esters is 1. The molecule has 3 rings (SSSR count). The molecular formula is C24H30F3N3O5. The summed E-state index contributed by atoms with van der Waals surface area (Å²) in [4.78, 5) is 40.0. The minimum Gasteiger partial charge on any atom is -0.452 e. The number of carbonyl (C=O) groups is 3. The molecule has 35 heavy (non-hydrogen) atoms. The number of ether oxygens (including phenoxy) is 2. The number of nitrogens with zero attached hydrogens (tertiary/aromatic N) is 2.